The standard InChI is InChI=1S/C27H31NO6/c1-3-5-9-16-33-26(31)20-12-14-22(15-13-20)28-18-21(17-24(28)29)27(32)34-23(4-2)25(30)19-10-7-6-8-11-19/h6-8,10-15,21,23H,3-5,9,16-18H2,1-2H3/t21-,23+/m0/s1. The molecular formula is C27H31NO6. The van der Waals surface area contributed by atoms with E-state index in [1.807, 2.05) is 6.07 Å². The summed E-state index contributed by atoms with van der Waals surface area (Å²) in [6.45, 7) is 4.40. The lowest BCUT2D eigenvalue weighted by atomic mass is 10.0. The lowest BCUT2D eigenvalue weighted by Gasteiger charge is -2.19. The average Bonchev–Trinajstić information content (AvgIpc) is 3.26. The highest BCUT2D eigenvalue weighted by molar-refractivity contribution is 6.02. The molecule has 0 aliphatic carbocycles. The predicted octanol–water partition coefficient (Wildman–Crippen LogP) is 4.59. The number of unbranched alkanes of at least 4 members (excludes halogenated alkanes) is 2. The van der Waals surface area contributed by atoms with Gasteiger partial charge in [0.1, 0.15) is 0 Å². The fourth-order valence-electron chi connectivity index (χ4n) is 3.84. The molecule has 0 bridgehead atoms. The first-order valence-electron chi connectivity index (χ1n) is 11.8. The molecule has 1 aliphatic heterocycles. The minimum Gasteiger partial charge on any atom is -0.462 e. The van der Waals surface area contributed by atoms with E-state index in [2.05, 4.69) is 6.92 Å². The van der Waals surface area contributed by atoms with E-state index in [9.17, 15) is 19.2 Å². The number of ketones is 1. The topological polar surface area (TPSA) is 90.0 Å². The molecule has 2 aromatic rings. The lowest BCUT2D eigenvalue weighted by molar-refractivity contribution is -0.151. The van der Waals surface area contributed by atoms with E-state index in [1.165, 1.54) is 4.90 Å². The van der Waals surface area contributed by atoms with Gasteiger partial charge in [0.2, 0.25) is 11.7 Å². The third kappa shape index (κ3) is 6.31. The second-order valence-corrected chi connectivity index (χ2v) is 8.36. The van der Waals surface area contributed by atoms with E-state index >= 15 is 0 Å². The molecule has 0 N–H and O–H groups in total. The average molecular weight is 466 g/mol. The van der Waals surface area contributed by atoms with Crippen LogP contribution >= 0.6 is 0 Å². The van der Waals surface area contributed by atoms with Gasteiger partial charge < -0.3 is 14.4 Å². The first-order valence-corrected chi connectivity index (χ1v) is 11.8. The van der Waals surface area contributed by atoms with Gasteiger partial charge in [0, 0.05) is 24.2 Å². The van der Waals surface area contributed by atoms with Gasteiger partial charge in [0.05, 0.1) is 18.1 Å². The van der Waals surface area contributed by atoms with Crippen molar-refractivity contribution in [2.45, 2.75) is 52.1 Å². The van der Waals surface area contributed by atoms with Crippen molar-refractivity contribution < 1.29 is 28.7 Å². The number of carbonyl (C=O) groups excluding carboxylic acids is 4. The second-order valence-electron chi connectivity index (χ2n) is 8.36. The van der Waals surface area contributed by atoms with Crippen molar-refractivity contribution in [1.29, 1.82) is 0 Å². The molecule has 3 rings (SSSR count). The first kappa shape index (κ1) is 25.1. The number of hydrogen-bond acceptors (Lipinski definition) is 6. The maximum atomic E-state index is 12.7. The number of ether oxygens (including phenoxy) is 2. The quantitative estimate of drug-likeness (QED) is 0.274. The molecule has 7 nitrogen and oxygen atoms in total. The van der Waals surface area contributed by atoms with Crippen molar-refractivity contribution in [3.05, 3.63) is 65.7 Å². The number of amides is 1. The van der Waals surface area contributed by atoms with Crippen LogP contribution in [0, 0.1) is 5.92 Å². The van der Waals surface area contributed by atoms with Gasteiger partial charge in [-0.25, -0.2) is 4.79 Å². The molecule has 0 radical (unpaired) electrons. The summed E-state index contributed by atoms with van der Waals surface area (Å²) in [6.07, 6.45) is 2.35. The summed E-state index contributed by atoms with van der Waals surface area (Å²) >= 11 is 0. The van der Waals surface area contributed by atoms with Gasteiger partial charge >= 0.3 is 11.9 Å². The molecule has 34 heavy (non-hydrogen) atoms. The van der Waals surface area contributed by atoms with E-state index < -0.39 is 24.0 Å². The summed E-state index contributed by atoms with van der Waals surface area (Å²) < 4.78 is 10.8. The van der Waals surface area contributed by atoms with Crippen LogP contribution < -0.4 is 4.90 Å². The Hall–Kier alpha value is -3.48. The predicted molar refractivity (Wildman–Crippen MR) is 128 cm³/mol. The summed E-state index contributed by atoms with van der Waals surface area (Å²) in [4.78, 5) is 51.6. The highest BCUT2D eigenvalue weighted by Crippen LogP contribution is 2.27. The third-order valence-electron chi connectivity index (χ3n) is 5.83. The Labute approximate surface area is 200 Å². The highest BCUT2D eigenvalue weighted by atomic mass is 16.5. The normalized spacial score (nSPS) is 16.2. The van der Waals surface area contributed by atoms with Gasteiger partial charge in [-0.1, -0.05) is 57.0 Å². The number of hydrogen-bond donors (Lipinski definition) is 0. The SMILES string of the molecule is CCCCCOC(=O)c1ccc(N2C[C@@H](C(=O)O[C@H](CC)C(=O)c3ccccc3)CC2=O)cc1. The molecule has 0 saturated carbocycles. The van der Waals surface area contributed by atoms with Crippen molar-refractivity contribution in [3.63, 3.8) is 0 Å². The summed E-state index contributed by atoms with van der Waals surface area (Å²) in [5, 5.41) is 0. The Bertz CT molecular complexity index is 1000. The fraction of sp³-hybridized carbons (Fsp3) is 0.407. The van der Waals surface area contributed by atoms with Crippen LogP contribution in [0.2, 0.25) is 0 Å². The van der Waals surface area contributed by atoms with Crippen LogP contribution in [0.3, 0.4) is 0 Å². The van der Waals surface area contributed by atoms with Gasteiger partial charge in [0.15, 0.2) is 6.10 Å². The smallest absolute Gasteiger partial charge is 0.338 e. The van der Waals surface area contributed by atoms with Gasteiger partial charge in [-0.3, -0.25) is 14.4 Å². The van der Waals surface area contributed by atoms with Crippen LogP contribution in [-0.4, -0.2) is 42.9 Å². The number of Topliss-reactive ketones (excluding diaryl/α,β-unsaturated/α-hetero) is 1. The number of anilines is 1. The molecule has 0 aromatic heterocycles. The van der Waals surface area contributed by atoms with E-state index in [0.29, 0.717) is 29.8 Å². The van der Waals surface area contributed by atoms with Crippen molar-refractivity contribution in [2.24, 2.45) is 5.92 Å². The Morgan fingerprint density at radius 1 is 0.971 bits per heavy atom. The molecule has 7 heteroatoms. The van der Waals surface area contributed by atoms with E-state index in [-0.39, 0.29) is 24.7 Å². The molecule has 2 atom stereocenters. The zero-order valence-electron chi connectivity index (χ0n) is 19.7. The monoisotopic (exact) mass is 465 g/mol. The Morgan fingerprint density at radius 3 is 2.32 bits per heavy atom. The van der Waals surface area contributed by atoms with Crippen LogP contribution in [0.25, 0.3) is 0 Å². The molecule has 1 saturated heterocycles. The zero-order chi connectivity index (χ0) is 24.5. The Kier molecular flexibility index (Phi) is 8.96. The van der Waals surface area contributed by atoms with Crippen molar-refractivity contribution in [1.82, 2.24) is 0 Å². The maximum Gasteiger partial charge on any atom is 0.338 e. The minimum absolute atomic E-state index is 0.00994. The van der Waals surface area contributed by atoms with Gasteiger partial charge in [-0.05, 0) is 37.1 Å². The highest BCUT2D eigenvalue weighted by Gasteiger charge is 2.37. The van der Waals surface area contributed by atoms with Crippen LogP contribution in [-0.2, 0) is 19.1 Å². The summed E-state index contributed by atoms with van der Waals surface area (Å²) in [6, 6.07) is 15.3. The maximum absolute atomic E-state index is 12.7. The summed E-state index contributed by atoms with van der Waals surface area (Å²) in [7, 11) is 0. The van der Waals surface area contributed by atoms with Gasteiger partial charge in [0.25, 0.3) is 0 Å². The van der Waals surface area contributed by atoms with Gasteiger partial charge in [-0.2, -0.15) is 0 Å². The molecule has 0 unspecified atom stereocenters. The third-order valence-corrected chi connectivity index (χ3v) is 5.83. The number of carbonyl (C=O) groups is 4. The molecule has 1 heterocycles. The van der Waals surface area contributed by atoms with E-state index in [1.54, 1.807) is 55.5 Å². The number of nitrogens with zero attached hydrogens (tertiary/aromatic N) is 1. The van der Waals surface area contributed by atoms with Crippen LogP contribution in [0.1, 0.15) is 66.7 Å². The first-order chi connectivity index (χ1) is 16.4. The summed E-state index contributed by atoms with van der Waals surface area (Å²) in [5.41, 5.74) is 1.48. The fourth-order valence-corrected chi connectivity index (χ4v) is 3.84. The molecule has 1 amide bonds. The van der Waals surface area contributed by atoms with Crippen molar-refractivity contribution in [3.8, 4) is 0 Å². The molecule has 180 valence electrons. The minimum atomic E-state index is -0.887. The number of esters is 2. The van der Waals surface area contributed by atoms with Crippen molar-refractivity contribution in [2.75, 3.05) is 18.1 Å². The Balaban J connectivity index is 1.58. The summed E-state index contributed by atoms with van der Waals surface area (Å²) in [5.74, 6) is -2.08. The number of benzene rings is 2. The lowest BCUT2D eigenvalue weighted by Crippen LogP contribution is -2.31. The van der Waals surface area contributed by atoms with Crippen LogP contribution in [0.4, 0.5) is 5.69 Å². The van der Waals surface area contributed by atoms with Crippen LogP contribution in [0.15, 0.2) is 54.6 Å². The second kappa shape index (κ2) is 12.1. The number of rotatable bonds is 11. The van der Waals surface area contributed by atoms with Gasteiger partial charge in [-0.15, -0.1) is 0 Å². The zero-order valence-corrected chi connectivity index (χ0v) is 19.7. The van der Waals surface area contributed by atoms with Crippen molar-refractivity contribution >= 4 is 29.3 Å². The van der Waals surface area contributed by atoms with E-state index in [0.717, 1.165) is 19.3 Å². The molecule has 1 fully saturated rings. The molecule has 1 aliphatic rings. The Morgan fingerprint density at radius 2 is 1.68 bits per heavy atom. The molecular weight excluding hydrogens is 434 g/mol. The van der Waals surface area contributed by atoms with E-state index in [4.69, 9.17) is 9.47 Å². The van der Waals surface area contributed by atoms with Crippen LogP contribution in [0.5, 0.6) is 0 Å². The molecule has 2 aromatic carbocycles. The largest absolute Gasteiger partial charge is 0.462 e. The molecule has 0 spiro atoms.